The van der Waals surface area contributed by atoms with Crippen LogP contribution in [0.4, 0.5) is 11.4 Å². The molecule has 1 amide bonds. The van der Waals surface area contributed by atoms with Gasteiger partial charge < -0.3 is 19.4 Å². The molecular formula is C26H33N3O2. The number of ether oxygens (including phenoxy) is 1. The summed E-state index contributed by atoms with van der Waals surface area (Å²) in [5, 5.41) is 0. The van der Waals surface area contributed by atoms with Crippen molar-refractivity contribution in [1.82, 2.24) is 4.90 Å². The van der Waals surface area contributed by atoms with Crippen LogP contribution in [0.2, 0.25) is 0 Å². The number of anilines is 2. The summed E-state index contributed by atoms with van der Waals surface area (Å²) in [5.41, 5.74) is 4.45. The number of hydrogen-bond acceptors (Lipinski definition) is 4. The lowest BCUT2D eigenvalue weighted by Gasteiger charge is -2.35. The summed E-state index contributed by atoms with van der Waals surface area (Å²) in [4.78, 5) is 19.8. The first-order chi connectivity index (χ1) is 14.8. The third-order valence-corrected chi connectivity index (χ3v) is 6.14. The van der Waals surface area contributed by atoms with Gasteiger partial charge in [-0.1, -0.05) is 51.1 Å². The Hall–Kier alpha value is -2.79. The maximum Gasteiger partial charge on any atom is 0.293 e. The van der Waals surface area contributed by atoms with E-state index in [1.54, 1.807) is 0 Å². The molecule has 5 heteroatoms. The molecule has 2 aliphatic heterocycles. The van der Waals surface area contributed by atoms with Crippen molar-refractivity contribution in [1.29, 1.82) is 0 Å². The first-order valence-corrected chi connectivity index (χ1v) is 11.1. The molecule has 164 valence electrons. The molecule has 0 spiro atoms. The molecule has 0 N–H and O–H groups in total. The van der Waals surface area contributed by atoms with E-state index in [2.05, 4.69) is 68.0 Å². The van der Waals surface area contributed by atoms with E-state index in [0.717, 1.165) is 43.1 Å². The van der Waals surface area contributed by atoms with Gasteiger partial charge in [-0.3, -0.25) is 4.79 Å². The summed E-state index contributed by atoms with van der Waals surface area (Å²) >= 11 is 0. The van der Waals surface area contributed by atoms with Crippen LogP contribution in [-0.4, -0.2) is 57.2 Å². The van der Waals surface area contributed by atoms with E-state index in [1.165, 1.54) is 5.56 Å². The Bertz CT molecular complexity index is 951. The van der Waals surface area contributed by atoms with E-state index < -0.39 is 0 Å². The highest BCUT2D eigenvalue weighted by atomic mass is 16.5. The van der Waals surface area contributed by atoms with Crippen LogP contribution < -0.4 is 9.80 Å². The summed E-state index contributed by atoms with van der Waals surface area (Å²) < 4.78 is 5.83. The second kappa shape index (κ2) is 8.75. The Morgan fingerprint density at radius 3 is 2.26 bits per heavy atom. The molecule has 2 aromatic carbocycles. The van der Waals surface area contributed by atoms with Crippen molar-refractivity contribution in [3.63, 3.8) is 0 Å². The third kappa shape index (κ3) is 4.77. The Labute approximate surface area is 185 Å². The fourth-order valence-electron chi connectivity index (χ4n) is 4.12. The quantitative estimate of drug-likeness (QED) is 0.701. The van der Waals surface area contributed by atoms with Crippen molar-refractivity contribution >= 4 is 23.4 Å². The molecule has 0 atom stereocenters. The molecule has 0 aromatic heterocycles. The summed E-state index contributed by atoms with van der Waals surface area (Å²) in [6.07, 6.45) is 1.91. The zero-order valence-corrected chi connectivity index (χ0v) is 19.1. The third-order valence-electron chi connectivity index (χ3n) is 6.14. The predicted octanol–water partition coefficient (Wildman–Crippen LogP) is 4.14. The highest BCUT2D eigenvalue weighted by molar-refractivity contribution is 6.07. The molecule has 2 aromatic rings. The standard InChI is InChI=1S/C26H33N3O2/c1-26(2,3)21-9-11-22(12-10-21)29-17-18-31-24(25(29)30)19-20-7-5-6-8-23(20)28-15-13-27(4)14-16-28/h5-12,19H,13-18H2,1-4H3/b24-19+. The zero-order valence-electron chi connectivity index (χ0n) is 19.1. The number of para-hydroxylation sites is 1. The van der Waals surface area contributed by atoms with Crippen LogP contribution in [-0.2, 0) is 14.9 Å². The number of piperazine rings is 1. The van der Waals surface area contributed by atoms with Crippen molar-refractivity contribution in [3.8, 4) is 0 Å². The molecule has 0 radical (unpaired) electrons. The van der Waals surface area contributed by atoms with Gasteiger partial charge in [0.25, 0.3) is 5.91 Å². The Morgan fingerprint density at radius 2 is 1.58 bits per heavy atom. The lowest BCUT2D eigenvalue weighted by molar-refractivity contribution is -0.120. The van der Waals surface area contributed by atoms with Crippen LogP contribution in [0.25, 0.3) is 6.08 Å². The van der Waals surface area contributed by atoms with Crippen LogP contribution in [0, 0.1) is 0 Å². The highest BCUT2D eigenvalue weighted by Gasteiger charge is 2.27. The monoisotopic (exact) mass is 419 g/mol. The van der Waals surface area contributed by atoms with Crippen LogP contribution in [0.3, 0.4) is 0 Å². The van der Waals surface area contributed by atoms with E-state index in [4.69, 9.17) is 4.74 Å². The molecule has 2 aliphatic rings. The number of nitrogens with zero attached hydrogens (tertiary/aromatic N) is 3. The number of benzene rings is 2. The molecule has 4 rings (SSSR count). The Balaban J connectivity index is 1.57. The molecule has 5 nitrogen and oxygen atoms in total. The predicted molar refractivity (Wildman–Crippen MR) is 128 cm³/mol. The molecule has 0 unspecified atom stereocenters. The molecule has 31 heavy (non-hydrogen) atoms. The van der Waals surface area contributed by atoms with Gasteiger partial charge in [0.2, 0.25) is 0 Å². The molecule has 0 saturated carbocycles. The summed E-state index contributed by atoms with van der Waals surface area (Å²) in [6.45, 7) is 11.7. The van der Waals surface area contributed by atoms with E-state index in [0.29, 0.717) is 18.9 Å². The van der Waals surface area contributed by atoms with Crippen molar-refractivity contribution in [2.75, 3.05) is 56.2 Å². The van der Waals surface area contributed by atoms with E-state index >= 15 is 0 Å². The van der Waals surface area contributed by atoms with E-state index in [-0.39, 0.29) is 11.3 Å². The minimum atomic E-state index is -0.0806. The van der Waals surface area contributed by atoms with Crippen LogP contribution >= 0.6 is 0 Å². The molecule has 0 aliphatic carbocycles. The minimum absolute atomic E-state index is 0.0806. The fourth-order valence-corrected chi connectivity index (χ4v) is 4.12. The number of carbonyl (C=O) groups excluding carboxylic acids is 1. The average Bonchev–Trinajstić information content (AvgIpc) is 2.76. The lowest BCUT2D eigenvalue weighted by Crippen LogP contribution is -2.44. The highest BCUT2D eigenvalue weighted by Crippen LogP contribution is 2.29. The first kappa shape index (κ1) is 21.4. The average molecular weight is 420 g/mol. The molecule has 2 fully saturated rings. The largest absolute Gasteiger partial charge is 0.486 e. The van der Waals surface area contributed by atoms with Crippen molar-refractivity contribution in [2.24, 2.45) is 0 Å². The molecule has 2 saturated heterocycles. The molecule has 2 heterocycles. The maximum atomic E-state index is 13.3. The number of likely N-dealkylation sites (N-methyl/N-ethyl adjacent to an activating group) is 1. The topological polar surface area (TPSA) is 36.0 Å². The van der Waals surface area contributed by atoms with Crippen LogP contribution in [0.15, 0.2) is 54.3 Å². The van der Waals surface area contributed by atoms with Gasteiger partial charge in [-0.15, -0.1) is 0 Å². The van der Waals surface area contributed by atoms with Crippen LogP contribution in [0.5, 0.6) is 0 Å². The van der Waals surface area contributed by atoms with Crippen molar-refractivity contribution in [3.05, 3.63) is 65.4 Å². The summed E-state index contributed by atoms with van der Waals surface area (Å²) in [7, 11) is 2.16. The van der Waals surface area contributed by atoms with Gasteiger partial charge in [-0.2, -0.15) is 0 Å². The van der Waals surface area contributed by atoms with Crippen molar-refractivity contribution in [2.45, 2.75) is 26.2 Å². The van der Waals surface area contributed by atoms with Gasteiger partial charge in [-0.05, 0) is 42.3 Å². The Kier molecular flexibility index (Phi) is 6.05. The number of carbonyl (C=O) groups is 1. The first-order valence-electron chi connectivity index (χ1n) is 11.1. The number of morpholine rings is 1. The SMILES string of the molecule is CN1CCN(c2ccccc2/C=C2/OCCN(c3ccc(C(C)(C)C)cc3)C2=O)CC1. The van der Waals surface area contributed by atoms with Crippen molar-refractivity contribution < 1.29 is 9.53 Å². The van der Waals surface area contributed by atoms with E-state index in [9.17, 15) is 4.79 Å². The number of amides is 1. The van der Waals surface area contributed by atoms with Gasteiger partial charge in [0.15, 0.2) is 5.76 Å². The fraction of sp³-hybridized carbons (Fsp3) is 0.423. The van der Waals surface area contributed by atoms with Crippen LogP contribution in [0.1, 0.15) is 31.9 Å². The second-order valence-corrected chi connectivity index (χ2v) is 9.46. The summed E-state index contributed by atoms with van der Waals surface area (Å²) in [5.74, 6) is 0.329. The normalized spacial score (nSPS) is 19.6. The smallest absolute Gasteiger partial charge is 0.293 e. The second-order valence-electron chi connectivity index (χ2n) is 9.46. The van der Waals surface area contributed by atoms with E-state index in [1.807, 2.05) is 29.2 Å². The number of rotatable bonds is 3. The molecular weight excluding hydrogens is 386 g/mol. The summed E-state index contributed by atoms with van der Waals surface area (Å²) in [6, 6.07) is 16.6. The number of hydrogen-bond donors (Lipinski definition) is 0. The lowest BCUT2D eigenvalue weighted by atomic mass is 9.87. The van der Waals surface area contributed by atoms with Gasteiger partial charge >= 0.3 is 0 Å². The van der Waals surface area contributed by atoms with Gasteiger partial charge in [0.05, 0.1) is 6.54 Å². The Morgan fingerprint density at radius 1 is 0.903 bits per heavy atom. The zero-order chi connectivity index (χ0) is 22.0. The molecule has 0 bridgehead atoms. The van der Waals surface area contributed by atoms with Gasteiger partial charge in [0, 0.05) is 43.1 Å². The van der Waals surface area contributed by atoms with Gasteiger partial charge in [-0.25, -0.2) is 0 Å². The minimum Gasteiger partial charge on any atom is -0.486 e. The van der Waals surface area contributed by atoms with Gasteiger partial charge in [0.1, 0.15) is 6.61 Å². The maximum absolute atomic E-state index is 13.3.